The van der Waals surface area contributed by atoms with Gasteiger partial charge in [0.1, 0.15) is 0 Å². The van der Waals surface area contributed by atoms with E-state index in [1.807, 2.05) is 0 Å². The van der Waals surface area contributed by atoms with Crippen LogP contribution >= 0.6 is 0 Å². The largest absolute Gasteiger partial charge is 0.0851 e. The van der Waals surface area contributed by atoms with Gasteiger partial charge >= 0.3 is 0 Å². The Morgan fingerprint density at radius 2 is 2.00 bits per heavy atom. The summed E-state index contributed by atoms with van der Waals surface area (Å²) in [5.41, 5.74) is 1.74. The molecule has 0 aromatic carbocycles. The van der Waals surface area contributed by atoms with Crippen LogP contribution in [-0.2, 0) is 0 Å². The van der Waals surface area contributed by atoms with Gasteiger partial charge in [0.05, 0.1) is 0 Å². The van der Waals surface area contributed by atoms with E-state index in [2.05, 4.69) is 6.08 Å². The molecule has 2 saturated carbocycles. The van der Waals surface area contributed by atoms with Gasteiger partial charge in [-0.25, -0.2) is 0 Å². The van der Waals surface area contributed by atoms with Crippen LogP contribution in [-0.4, -0.2) is 0 Å². The fourth-order valence-electron chi connectivity index (χ4n) is 1.65. The molecule has 0 saturated heterocycles. The van der Waals surface area contributed by atoms with Crippen molar-refractivity contribution in [3.8, 4) is 0 Å². The van der Waals surface area contributed by atoms with Crippen molar-refractivity contribution < 1.29 is 0 Å². The first kappa shape index (κ1) is 6.45. The van der Waals surface area contributed by atoms with Crippen LogP contribution in [0.1, 0.15) is 44.9 Å². The molecule has 0 aromatic rings. The Morgan fingerprint density at radius 3 is 2.40 bits per heavy atom. The highest BCUT2D eigenvalue weighted by Crippen LogP contribution is 2.32. The molecule has 0 bridgehead atoms. The highest BCUT2D eigenvalue weighted by Gasteiger charge is 2.16. The minimum Gasteiger partial charge on any atom is -0.0851 e. The summed E-state index contributed by atoms with van der Waals surface area (Å²) < 4.78 is 0. The van der Waals surface area contributed by atoms with Gasteiger partial charge in [-0.3, -0.25) is 0 Å². The zero-order chi connectivity index (χ0) is 6.81. The monoisotopic (exact) mass is 136 g/mol. The van der Waals surface area contributed by atoms with Crippen molar-refractivity contribution in [1.29, 1.82) is 0 Å². The lowest BCUT2D eigenvalue weighted by atomic mass is 9.81. The second-order valence-corrected chi connectivity index (χ2v) is 3.75. The Hall–Kier alpha value is -0.260. The number of hydrogen-bond donors (Lipinski definition) is 0. The second kappa shape index (κ2) is 2.77. The van der Waals surface area contributed by atoms with Crippen LogP contribution in [0.5, 0.6) is 0 Å². The summed E-state index contributed by atoms with van der Waals surface area (Å²) in [4.78, 5) is 0. The number of hydrogen-bond acceptors (Lipinski definition) is 0. The van der Waals surface area contributed by atoms with Gasteiger partial charge < -0.3 is 0 Å². The van der Waals surface area contributed by atoms with Crippen molar-refractivity contribution in [2.75, 3.05) is 0 Å². The first-order valence-corrected chi connectivity index (χ1v) is 4.63. The van der Waals surface area contributed by atoms with Crippen LogP contribution in [0, 0.1) is 5.92 Å². The molecule has 0 N–H and O–H groups in total. The number of rotatable bonds is 2. The minimum atomic E-state index is 1.08. The Balaban J connectivity index is 1.69. The average molecular weight is 136 g/mol. The normalized spacial score (nSPS) is 25.4. The topological polar surface area (TPSA) is 0 Å². The fraction of sp³-hybridized carbons (Fsp3) is 0.800. The van der Waals surface area contributed by atoms with Crippen molar-refractivity contribution in [1.82, 2.24) is 0 Å². The second-order valence-electron chi connectivity index (χ2n) is 3.75. The molecule has 0 aliphatic heterocycles. The van der Waals surface area contributed by atoms with E-state index in [1.165, 1.54) is 44.9 Å². The van der Waals surface area contributed by atoms with Gasteiger partial charge in [0.25, 0.3) is 0 Å². The van der Waals surface area contributed by atoms with Crippen LogP contribution in [0.4, 0.5) is 0 Å². The van der Waals surface area contributed by atoms with E-state index in [1.54, 1.807) is 5.57 Å². The van der Waals surface area contributed by atoms with Crippen LogP contribution in [0.3, 0.4) is 0 Å². The van der Waals surface area contributed by atoms with Crippen LogP contribution in [0.25, 0.3) is 0 Å². The van der Waals surface area contributed by atoms with Crippen molar-refractivity contribution >= 4 is 0 Å². The molecule has 2 rings (SSSR count). The molecule has 2 aliphatic rings. The summed E-state index contributed by atoms with van der Waals surface area (Å²) in [6, 6.07) is 0. The molecule has 2 fully saturated rings. The van der Waals surface area contributed by atoms with Crippen molar-refractivity contribution in [3.63, 3.8) is 0 Å². The fourth-order valence-corrected chi connectivity index (χ4v) is 1.65. The summed E-state index contributed by atoms with van der Waals surface area (Å²) in [6.45, 7) is 0. The third kappa shape index (κ3) is 1.25. The molecule has 56 valence electrons. The van der Waals surface area contributed by atoms with Crippen LogP contribution in [0.2, 0.25) is 0 Å². The lowest BCUT2D eigenvalue weighted by Crippen LogP contribution is -2.10. The van der Waals surface area contributed by atoms with E-state index >= 15 is 0 Å². The Kier molecular flexibility index (Phi) is 1.79. The van der Waals surface area contributed by atoms with Crippen molar-refractivity contribution in [2.45, 2.75) is 44.9 Å². The van der Waals surface area contributed by atoms with E-state index in [-0.39, 0.29) is 0 Å². The SMILES string of the molecule is C(CC1CCC1)=C1CCC1. The Labute approximate surface area is 63.3 Å². The molecule has 0 nitrogen and oxygen atoms in total. The maximum atomic E-state index is 2.51. The van der Waals surface area contributed by atoms with Gasteiger partial charge in [0.15, 0.2) is 0 Å². The van der Waals surface area contributed by atoms with E-state index in [0.29, 0.717) is 0 Å². The molecule has 2 aliphatic carbocycles. The van der Waals surface area contributed by atoms with Crippen LogP contribution in [0.15, 0.2) is 11.6 Å². The highest BCUT2D eigenvalue weighted by atomic mass is 14.2. The Morgan fingerprint density at radius 1 is 1.20 bits per heavy atom. The van der Waals surface area contributed by atoms with Crippen LogP contribution < -0.4 is 0 Å². The molecule has 0 aromatic heterocycles. The molecular formula is C10H16. The number of allylic oxidation sites excluding steroid dienone is 2. The maximum absolute atomic E-state index is 2.51. The molecule has 0 unspecified atom stereocenters. The van der Waals surface area contributed by atoms with Gasteiger partial charge in [0, 0.05) is 0 Å². The molecule has 0 atom stereocenters. The average Bonchev–Trinajstić information content (AvgIpc) is 1.70. The lowest BCUT2D eigenvalue weighted by molar-refractivity contribution is 0.318. The molecule has 0 amide bonds. The molecule has 0 spiro atoms. The molecular weight excluding hydrogens is 120 g/mol. The third-order valence-electron chi connectivity index (χ3n) is 2.96. The summed E-state index contributed by atoms with van der Waals surface area (Å²) >= 11 is 0. The smallest absolute Gasteiger partial charge is 0.0317 e. The van der Waals surface area contributed by atoms with Crippen molar-refractivity contribution in [2.24, 2.45) is 5.92 Å². The van der Waals surface area contributed by atoms with Gasteiger partial charge in [-0.15, -0.1) is 0 Å². The predicted octanol–water partition coefficient (Wildman–Crippen LogP) is 3.29. The highest BCUT2D eigenvalue weighted by molar-refractivity contribution is 5.09. The first-order valence-electron chi connectivity index (χ1n) is 4.63. The zero-order valence-corrected chi connectivity index (χ0v) is 6.60. The van der Waals surface area contributed by atoms with E-state index in [0.717, 1.165) is 5.92 Å². The van der Waals surface area contributed by atoms with Gasteiger partial charge in [-0.1, -0.05) is 30.9 Å². The van der Waals surface area contributed by atoms with E-state index in [9.17, 15) is 0 Å². The van der Waals surface area contributed by atoms with E-state index in [4.69, 9.17) is 0 Å². The van der Waals surface area contributed by atoms with Gasteiger partial charge in [0.2, 0.25) is 0 Å². The third-order valence-corrected chi connectivity index (χ3v) is 2.96. The molecule has 0 heterocycles. The Bertz CT molecular complexity index is 134. The lowest BCUT2D eigenvalue weighted by Gasteiger charge is -2.25. The molecule has 0 heteroatoms. The summed E-state index contributed by atoms with van der Waals surface area (Å²) in [5, 5.41) is 0. The summed E-state index contributed by atoms with van der Waals surface area (Å²) in [7, 11) is 0. The quantitative estimate of drug-likeness (QED) is 0.511. The van der Waals surface area contributed by atoms with E-state index < -0.39 is 0 Å². The zero-order valence-electron chi connectivity index (χ0n) is 6.60. The first-order chi connectivity index (χ1) is 4.95. The molecule has 10 heavy (non-hydrogen) atoms. The standard InChI is InChI=1S/C10H16/c1-3-9(4-1)7-8-10-5-2-6-10/h7,10H,1-6,8H2. The summed E-state index contributed by atoms with van der Waals surface area (Å²) in [6.07, 6.45) is 12.7. The van der Waals surface area contributed by atoms with Crippen molar-refractivity contribution in [3.05, 3.63) is 11.6 Å². The molecule has 0 radical (unpaired) electrons. The minimum absolute atomic E-state index is 1.08. The maximum Gasteiger partial charge on any atom is -0.0317 e. The van der Waals surface area contributed by atoms with Gasteiger partial charge in [-0.2, -0.15) is 0 Å². The van der Waals surface area contributed by atoms with Gasteiger partial charge in [-0.05, 0) is 31.6 Å². The summed E-state index contributed by atoms with van der Waals surface area (Å²) in [5.74, 6) is 1.08. The predicted molar refractivity (Wildman–Crippen MR) is 43.9 cm³/mol.